The molecule has 3 rings (SSSR count). The third-order valence-electron chi connectivity index (χ3n) is 5.13. The average Bonchev–Trinajstić information content (AvgIpc) is 3.28. The number of anilines is 2. The second-order valence-electron chi connectivity index (χ2n) is 7.62. The summed E-state index contributed by atoms with van der Waals surface area (Å²) in [4.78, 5) is 27.6. The number of carbonyl (C=O) groups is 2. The second kappa shape index (κ2) is 10.4. The predicted molar refractivity (Wildman–Crippen MR) is 116 cm³/mol. The number of nitrogens with zero attached hydrogens (tertiary/aromatic N) is 1. The number of nitrogens with one attached hydrogen (secondary N) is 2. The van der Waals surface area contributed by atoms with Crippen molar-refractivity contribution in [1.29, 1.82) is 0 Å². The predicted octanol–water partition coefficient (Wildman–Crippen LogP) is 4.72. The summed E-state index contributed by atoms with van der Waals surface area (Å²) in [7, 11) is 0. The minimum Gasteiger partial charge on any atom is -0.406 e. The van der Waals surface area contributed by atoms with Crippen LogP contribution in [0.15, 0.2) is 48.5 Å². The zero-order valence-corrected chi connectivity index (χ0v) is 17.7. The summed E-state index contributed by atoms with van der Waals surface area (Å²) < 4.78 is 40.7. The molecule has 0 bridgehead atoms. The first kappa shape index (κ1) is 23.4. The van der Waals surface area contributed by atoms with Gasteiger partial charge < -0.3 is 20.3 Å². The molecular formula is C23H26F3N3O3. The molecular weight excluding hydrogens is 423 g/mol. The molecule has 0 radical (unpaired) electrons. The Morgan fingerprint density at radius 2 is 1.78 bits per heavy atom. The number of rotatable bonds is 8. The maximum Gasteiger partial charge on any atom is 0.573 e. The van der Waals surface area contributed by atoms with Crippen molar-refractivity contribution < 1.29 is 27.5 Å². The van der Waals surface area contributed by atoms with E-state index < -0.39 is 24.1 Å². The van der Waals surface area contributed by atoms with Crippen LogP contribution in [0.2, 0.25) is 0 Å². The lowest BCUT2D eigenvalue weighted by atomic mass is 10.1. The number of hydrogen-bond donors (Lipinski definition) is 2. The molecule has 2 aromatic carbocycles. The molecule has 0 spiro atoms. The van der Waals surface area contributed by atoms with E-state index in [4.69, 9.17) is 0 Å². The van der Waals surface area contributed by atoms with Crippen LogP contribution in [-0.2, 0) is 4.79 Å². The molecule has 1 atom stereocenters. The molecule has 172 valence electrons. The van der Waals surface area contributed by atoms with Crippen molar-refractivity contribution in [1.82, 2.24) is 5.32 Å². The number of hydrogen-bond acceptors (Lipinski definition) is 4. The number of alkyl halides is 3. The monoisotopic (exact) mass is 449 g/mol. The van der Waals surface area contributed by atoms with Gasteiger partial charge >= 0.3 is 6.36 Å². The van der Waals surface area contributed by atoms with Crippen LogP contribution in [-0.4, -0.2) is 37.3 Å². The Bertz CT molecular complexity index is 926. The summed E-state index contributed by atoms with van der Waals surface area (Å²) in [5, 5.41) is 5.52. The van der Waals surface area contributed by atoms with E-state index in [0.29, 0.717) is 18.5 Å². The van der Waals surface area contributed by atoms with Crippen LogP contribution in [0.3, 0.4) is 0 Å². The van der Waals surface area contributed by atoms with Gasteiger partial charge in [-0.3, -0.25) is 9.59 Å². The molecule has 1 heterocycles. The Morgan fingerprint density at radius 3 is 2.41 bits per heavy atom. The summed E-state index contributed by atoms with van der Waals surface area (Å²) in [6.45, 7) is 3.86. The van der Waals surface area contributed by atoms with Gasteiger partial charge in [-0.05, 0) is 61.7 Å². The summed E-state index contributed by atoms with van der Waals surface area (Å²) in [6.07, 6.45) is -1.45. The first-order chi connectivity index (χ1) is 15.2. The van der Waals surface area contributed by atoms with Crippen LogP contribution in [0.5, 0.6) is 5.75 Å². The molecule has 0 aromatic heterocycles. The van der Waals surface area contributed by atoms with Crippen molar-refractivity contribution in [2.75, 3.05) is 23.3 Å². The van der Waals surface area contributed by atoms with Gasteiger partial charge in [0.2, 0.25) is 5.91 Å². The van der Waals surface area contributed by atoms with Crippen molar-refractivity contribution in [2.24, 2.45) is 0 Å². The van der Waals surface area contributed by atoms with Gasteiger partial charge in [0.1, 0.15) is 11.8 Å². The molecule has 9 heteroatoms. The summed E-state index contributed by atoms with van der Waals surface area (Å²) in [5.74, 6) is -1.33. The second-order valence-corrected chi connectivity index (χ2v) is 7.62. The van der Waals surface area contributed by atoms with Gasteiger partial charge in [0, 0.05) is 30.0 Å². The highest BCUT2D eigenvalue weighted by atomic mass is 19.4. The Hall–Kier alpha value is -3.23. The number of halogens is 3. The van der Waals surface area contributed by atoms with E-state index in [-0.39, 0.29) is 11.5 Å². The number of ether oxygens (including phenoxy) is 1. The largest absolute Gasteiger partial charge is 0.573 e. The molecule has 2 aromatic rings. The van der Waals surface area contributed by atoms with E-state index in [1.54, 1.807) is 6.07 Å². The third kappa shape index (κ3) is 6.63. The molecule has 0 aliphatic carbocycles. The van der Waals surface area contributed by atoms with E-state index >= 15 is 0 Å². The lowest BCUT2D eigenvalue weighted by Gasteiger charge is -2.20. The summed E-state index contributed by atoms with van der Waals surface area (Å²) >= 11 is 0. The van der Waals surface area contributed by atoms with Crippen molar-refractivity contribution in [3.63, 3.8) is 0 Å². The smallest absolute Gasteiger partial charge is 0.406 e. The van der Waals surface area contributed by atoms with E-state index in [1.807, 2.05) is 25.1 Å². The van der Waals surface area contributed by atoms with Gasteiger partial charge in [0.25, 0.3) is 5.91 Å². The van der Waals surface area contributed by atoms with Crippen molar-refractivity contribution >= 4 is 23.2 Å². The first-order valence-electron chi connectivity index (χ1n) is 10.6. The van der Waals surface area contributed by atoms with Crippen molar-refractivity contribution in [3.8, 4) is 5.75 Å². The lowest BCUT2D eigenvalue weighted by Crippen LogP contribution is -2.43. The average molecular weight is 449 g/mol. The highest BCUT2D eigenvalue weighted by Crippen LogP contribution is 2.24. The molecule has 1 fully saturated rings. The van der Waals surface area contributed by atoms with Gasteiger partial charge in [-0.25, -0.2) is 0 Å². The maximum absolute atomic E-state index is 12.8. The van der Waals surface area contributed by atoms with E-state index in [1.165, 1.54) is 12.1 Å². The molecule has 2 amide bonds. The van der Waals surface area contributed by atoms with E-state index in [2.05, 4.69) is 20.3 Å². The minimum absolute atomic E-state index is 0.129. The Balaban J connectivity index is 1.63. The molecule has 1 aliphatic rings. The minimum atomic E-state index is -4.81. The topological polar surface area (TPSA) is 70.7 Å². The molecule has 0 saturated carbocycles. The Kier molecular flexibility index (Phi) is 7.61. The van der Waals surface area contributed by atoms with Gasteiger partial charge in [0.05, 0.1) is 0 Å². The fourth-order valence-corrected chi connectivity index (χ4v) is 3.59. The SMILES string of the molecule is CCCC(NC(=O)c1ccc(OC(F)(F)F)cc1)C(=O)Nc1cccc(N2CCCC2)c1. The number of amides is 2. The molecule has 1 unspecified atom stereocenters. The van der Waals surface area contributed by atoms with Crippen LogP contribution in [0.1, 0.15) is 43.0 Å². The standard InChI is InChI=1S/C23H26F3N3O3/c1-2-6-20(28-21(30)16-9-11-19(12-10-16)32-23(24,25)26)22(31)27-17-7-5-8-18(15-17)29-13-3-4-14-29/h5,7-12,15,20H,2-4,6,13-14H2,1H3,(H,27,31)(H,28,30). The lowest BCUT2D eigenvalue weighted by molar-refractivity contribution is -0.274. The Morgan fingerprint density at radius 1 is 1.09 bits per heavy atom. The highest BCUT2D eigenvalue weighted by Gasteiger charge is 2.31. The van der Waals surface area contributed by atoms with Crippen LogP contribution in [0.4, 0.5) is 24.5 Å². The van der Waals surface area contributed by atoms with Crippen LogP contribution < -0.4 is 20.3 Å². The zero-order valence-electron chi connectivity index (χ0n) is 17.7. The summed E-state index contributed by atoms with van der Waals surface area (Å²) in [5.41, 5.74) is 1.81. The van der Waals surface area contributed by atoms with E-state index in [9.17, 15) is 22.8 Å². The molecule has 1 saturated heterocycles. The molecule has 32 heavy (non-hydrogen) atoms. The van der Waals surface area contributed by atoms with E-state index in [0.717, 1.165) is 43.8 Å². The molecule has 6 nitrogen and oxygen atoms in total. The van der Waals surface area contributed by atoms with Crippen LogP contribution in [0, 0.1) is 0 Å². The van der Waals surface area contributed by atoms with Crippen molar-refractivity contribution in [2.45, 2.75) is 45.0 Å². The van der Waals surface area contributed by atoms with Gasteiger partial charge in [-0.15, -0.1) is 13.2 Å². The fourth-order valence-electron chi connectivity index (χ4n) is 3.59. The molecule has 2 N–H and O–H groups in total. The van der Waals surface area contributed by atoms with Crippen LogP contribution >= 0.6 is 0 Å². The van der Waals surface area contributed by atoms with Crippen molar-refractivity contribution in [3.05, 3.63) is 54.1 Å². The number of benzene rings is 2. The normalized spacial score (nSPS) is 14.7. The van der Waals surface area contributed by atoms with Gasteiger partial charge in [0.15, 0.2) is 0 Å². The first-order valence-corrected chi connectivity index (χ1v) is 10.6. The van der Waals surface area contributed by atoms with Crippen LogP contribution in [0.25, 0.3) is 0 Å². The fraction of sp³-hybridized carbons (Fsp3) is 0.391. The third-order valence-corrected chi connectivity index (χ3v) is 5.13. The zero-order chi connectivity index (χ0) is 23.1. The van der Waals surface area contributed by atoms with Gasteiger partial charge in [-0.2, -0.15) is 0 Å². The maximum atomic E-state index is 12.8. The highest BCUT2D eigenvalue weighted by molar-refractivity contribution is 6.01. The Labute approximate surface area is 184 Å². The quantitative estimate of drug-likeness (QED) is 0.612. The molecule has 1 aliphatic heterocycles. The summed E-state index contributed by atoms with van der Waals surface area (Å²) in [6, 6.07) is 11.3. The number of carbonyl (C=O) groups excluding carboxylic acids is 2. The van der Waals surface area contributed by atoms with Gasteiger partial charge in [-0.1, -0.05) is 19.4 Å².